The number of likely N-dealkylation sites (N-methyl/N-ethyl adjacent to an activating group) is 1. The molecule has 0 bridgehead atoms. The van der Waals surface area contributed by atoms with E-state index in [1.807, 2.05) is 24.3 Å². The Morgan fingerprint density at radius 3 is 2.39 bits per heavy atom. The van der Waals surface area contributed by atoms with Crippen molar-refractivity contribution in [3.05, 3.63) is 65.7 Å². The number of hydrogen-bond donors (Lipinski definition) is 2. The number of carbonyl (C=O) groups is 3. The summed E-state index contributed by atoms with van der Waals surface area (Å²) in [6.07, 6.45) is 4.38. The molecule has 1 heterocycles. The van der Waals surface area contributed by atoms with Crippen LogP contribution in [0.3, 0.4) is 0 Å². The summed E-state index contributed by atoms with van der Waals surface area (Å²) in [7, 11) is 1.68. The zero-order valence-electron chi connectivity index (χ0n) is 17.5. The standard InChI is InChI=1S/C24H26N4O3/c1-28-19-15-9-8-14-18(19)20(16-10-4-2-5-11-16)25-21(23(28)30)26-24(31)27-22(29)17-12-6-3-7-13-17/h3,6-9,12-16,21H,2,4-5,10-11H2,1H3,(H2,26,27,29,31). The zero-order chi connectivity index (χ0) is 21.8. The lowest BCUT2D eigenvalue weighted by Crippen LogP contribution is -2.50. The smallest absolute Gasteiger partial charge is 0.311 e. The number of benzene rings is 2. The van der Waals surface area contributed by atoms with Crippen LogP contribution in [-0.2, 0) is 4.79 Å². The van der Waals surface area contributed by atoms with Gasteiger partial charge in [0, 0.05) is 24.1 Å². The summed E-state index contributed by atoms with van der Waals surface area (Å²) in [5.41, 5.74) is 2.92. The summed E-state index contributed by atoms with van der Waals surface area (Å²) in [4.78, 5) is 44.2. The number of aliphatic imine (C=N–C) groups is 1. The molecule has 2 aromatic rings. The monoisotopic (exact) mass is 418 g/mol. The van der Waals surface area contributed by atoms with Crippen LogP contribution in [0.1, 0.15) is 48.0 Å². The normalized spacial score (nSPS) is 19.1. The van der Waals surface area contributed by atoms with Crippen molar-refractivity contribution < 1.29 is 14.4 Å². The van der Waals surface area contributed by atoms with Gasteiger partial charge in [-0.2, -0.15) is 0 Å². The Labute approximate surface area is 181 Å². The molecule has 7 nitrogen and oxygen atoms in total. The first kappa shape index (κ1) is 20.8. The summed E-state index contributed by atoms with van der Waals surface area (Å²) in [6, 6.07) is 15.4. The summed E-state index contributed by atoms with van der Waals surface area (Å²) in [5.74, 6) is -0.639. The molecule has 0 saturated heterocycles. The molecule has 160 valence electrons. The van der Waals surface area contributed by atoms with Crippen molar-refractivity contribution in [2.24, 2.45) is 10.9 Å². The quantitative estimate of drug-likeness (QED) is 0.799. The number of nitrogens with zero attached hydrogens (tertiary/aromatic N) is 2. The molecule has 2 aromatic carbocycles. The maximum Gasteiger partial charge on any atom is 0.323 e. The van der Waals surface area contributed by atoms with Crippen LogP contribution in [0, 0.1) is 5.92 Å². The molecular formula is C24H26N4O3. The van der Waals surface area contributed by atoms with Crippen LogP contribution in [0.4, 0.5) is 10.5 Å². The van der Waals surface area contributed by atoms with Gasteiger partial charge in [-0.15, -0.1) is 0 Å². The Balaban J connectivity index is 1.59. The van der Waals surface area contributed by atoms with E-state index in [9.17, 15) is 14.4 Å². The molecule has 2 N–H and O–H groups in total. The van der Waals surface area contributed by atoms with Gasteiger partial charge in [0.1, 0.15) is 0 Å². The average molecular weight is 418 g/mol. The van der Waals surface area contributed by atoms with Gasteiger partial charge in [-0.05, 0) is 31.0 Å². The summed E-state index contributed by atoms with van der Waals surface area (Å²) >= 11 is 0. The lowest BCUT2D eigenvalue weighted by atomic mass is 9.83. The molecule has 1 unspecified atom stereocenters. The molecule has 1 saturated carbocycles. The van der Waals surface area contributed by atoms with Gasteiger partial charge in [-0.3, -0.25) is 19.9 Å². The molecule has 0 spiro atoms. The van der Waals surface area contributed by atoms with Crippen LogP contribution in [-0.4, -0.2) is 36.8 Å². The topological polar surface area (TPSA) is 90.9 Å². The SMILES string of the molecule is CN1C(=O)C(NC(=O)NC(=O)c2ccccc2)N=C(C2CCCCC2)c2ccccc21. The number of rotatable bonds is 3. The van der Waals surface area contributed by atoms with Crippen molar-refractivity contribution >= 4 is 29.2 Å². The van der Waals surface area contributed by atoms with Crippen molar-refractivity contribution in [3.8, 4) is 0 Å². The van der Waals surface area contributed by atoms with Crippen molar-refractivity contribution in [1.82, 2.24) is 10.6 Å². The fraction of sp³-hybridized carbons (Fsp3) is 0.333. The molecule has 0 radical (unpaired) electrons. The lowest BCUT2D eigenvalue weighted by Gasteiger charge is -2.24. The predicted molar refractivity (Wildman–Crippen MR) is 119 cm³/mol. The number of para-hydroxylation sites is 1. The van der Waals surface area contributed by atoms with Gasteiger partial charge < -0.3 is 10.2 Å². The van der Waals surface area contributed by atoms with Crippen LogP contribution in [0.25, 0.3) is 0 Å². The largest absolute Gasteiger partial charge is 0.323 e. The Morgan fingerprint density at radius 1 is 0.968 bits per heavy atom. The van der Waals surface area contributed by atoms with E-state index >= 15 is 0 Å². The number of urea groups is 1. The summed E-state index contributed by atoms with van der Waals surface area (Å²) in [6.45, 7) is 0. The van der Waals surface area contributed by atoms with Crippen LogP contribution >= 0.6 is 0 Å². The number of anilines is 1. The van der Waals surface area contributed by atoms with Crippen molar-refractivity contribution in [3.63, 3.8) is 0 Å². The van der Waals surface area contributed by atoms with Crippen LogP contribution in [0.15, 0.2) is 59.6 Å². The first-order valence-electron chi connectivity index (χ1n) is 10.7. The van der Waals surface area contributed by atoms with E-state index in [4.69, 9.17) is 4.99 Å². The molecule has 1 atom stereocenters. The minimum absolute atomic E-state index is 0.243. The number of carbonyl (C=O) groups excluding carboxylic acids is 3. The first-order chi connectivity index (χ1) is 15.0. The van der Waals surface area contributed by atoms with Crippen LogP contribution < -0.4 is 15.5 Å². The van der Waals surface area contributed by atoms with Gasteiger partial charge in [0.05, 0.1) is 11.4 Å². The van der Waals surface area contributed by atoms with Gasteiger partial charge in [0.2, 0.25) is 6.17 Å². The van der Waals surface area contributed by atoms with E-state index in [-0.39, 0.29) is 11.8 Å². The molecule has 1 fully saturated rings. The minimum Gasteiger partial charge on any atom is -0.311 e. The van der Waals surface area contributed by atoms with Crippen molar-refractivity contribution in [1.29, 1.82) is 0 Å². The predicted octanol–water partition coefficient (Wildman–Crippen LogP) is 3.50. The van der Waals surface area contributed by atoms with Gasteiger partial charge in [0.25, 0.3) is 11.8 Å². The molecule has 4 rings (SSSR count). The van der Waals surface area contributed by atoms with E-state index in [0.29, 0.717) is 5.56 Å². The third-order valence-electron chi connectivity index (χ3n) is 5.90. The van der Waals surface area contributed by atoms with Gasteiger partial charge in [-0.1, -0.05) is 55.7 Å². The number of nitrogens with one attached hydrogen (secondary N) is 2. The Kier molecular flexibility index (Phi) is 6.11. The molecule has 7 heteroatoms. The minimum atomic E-state index is -1.10. The second kappa shape index (κ2) is 9.12. The van der Waals surface area contributed by atoms with E-state index < -0.39 is 18.1 Å². The lowest BCUT2D eigenvalue weighted by molar-refractivity contribution is -0.119. The number of imide groups is 1. The number of amides is 4. The highest BCUT2D eigenvalue weighted by molar-refractivity contribution is 6.14. The van der Waals surface area contributed by atoms with E-state index in [1.165, 1.54) is 11.3 Å². The molecule has 0 aromatic heterocycles. The third-order valence-corrected chi connectivity index (χ3v) is 5.90. The van der Waals surface area contributed by atoms with Crippen LogP contribution in [0.5, 0.6) is 0 Å². The Hall–Kier alpha value is -3.48. The number of benzodiazepines with no additional fused rings is 1. The third kappa shape index (κ3) is 4.50. The number of fused-ring (bicyclic) bond motifs is 1. The van der Waals surface area contributed by atoms with E-state index in [2.05, 4.69) is 10.6 Å². The Bertz CT molecular complexity index is 1010. The summed E-state index contributed by atoms with van der Waals surface area (Å²) in [5, 5.41) is 4.88. The maximum absolute atomic E-state index is 13.1. The van der Waals surface area contributed by atoms with E-state index in [0.717, 1.165) is 42.6 Å². The second-order valence-corrected chi connectivity index (χ2v) is 7.96. The fourth-order valence-corrected chi connectivity index (χ4v) is 4.27. The Morgan fingerprint density at radius 2 is 1.65 bits per heavy atom. The van der Waals surface area contributed by atoms with Crippen molar-refractivity contribution in [2.45, 2.75) is 38.3 Å². The maximum atomic E-state index is 13.1. The fourth-order valence-electron chi connectivity index (χ4n) is 4.27. The van der Waals surface area contributed by atoms with Crippen LogP contribution in [0.2, 0.25) is 0 Å². The second-order valence-electron chi connectivity index (χ2n) is 7.96. The average Bonchev–Trinajstić information content (AvgIpc) is 2.91. The highest BCUT2D eigenvalue weighted by Gasteiger charge is 2.33. The molecule has 2 aliphatic rings. The molecule has 1 aliphatic carbocycles. The van der Waals surface area contributed by atoms with E-state index in [1.54, 1.807) is 37.4 Å². The molecule has 4 amide bonds. The molecule has 31 heavy (non-hydrogen) atoms. The molecular weight excluding hydrogens is 392 g/mol. The highest BCUT2D eigenvalue weighted by Crippen LogP contribution is 2.33. The zero-order valence-corrected chi connectivity index (χ0v) is 17.5. The first-order valence-corrected chi connectivity index (χ1v) is 10.7. The van der Waals surface area contributed by atoms with Crippen molar-refractivity contribution in [2.75, 3.05) is 11.9 Å². The summed E-state index contributed by atoms with van der Waals surface area (Å²) < 4.78 is 0. The number of hydrogen-bond acceptors (Lipinski definition) is 4. The highest BCUT2D eigenvalue weighted by atomic mass is 16.2. The van der Waals surface area contributed by atoms with Gasteiger partial charge in [-0.25, -0.2) is 4.79 Å². The van der Waals surface area contributed by atoms with Gasteiger partial charge in [0.15, 0.2) is 0 Å². The molecule has 1 aliphatic heterocycles. The van der Waals surface area contributed by atoms with Gasteiger partial charge >= 0.3 is 6.03 Å².